The third-order valence-electron chi connectivity index (χ3n) is 4.05. The predicted molar refractivity (Wildman–Crippen MR) is 105 cm³/mol. The molecule has 1 heterocycles. The molecule has 0 aliphatic heterocycles. The number of thioether (sulfide) groups is 1. The third kappa shape index (κ3) is 4.65. The van der Waals surface area contributed by atoms with Crippen molar-refractivity contribution in [3.63, 3.8) is 0 Å². The van der Waals surface area contributed by atoms with Crippen molar-refractivity contribution >= 4 is 29.3 Å². The molecule has 0 aliphatic carbocycles. The maximum Gasteiger partial charge on any atom is 0.357 e. The zero-order valence-corrected chi connectivity index (χ0v) is 16.7. The van der Waals surface area contributed by atoms with Crippen LogP contribution in [0.1, 0.15) is 17.4 Å². The largest absolute Gasteiger partial charge is 0.448 e. The van der Waals surface area contributed by atoms with E-state index in [1.807, 2.05) is 0 Å². The molecular formula is C20H16F3N3O3S. The SMILES string of the molecule is CSc1ncc(C(=O)OC(C)C(=O)Nc2cc(F)ccc2F)n1-c1ccc(F)cc1. The van der Waals surface area contributed by atoms with Gasteiger partial charge in [0.25, 0.3) is 5.91 Å². The van der Waals surface area contributed by atoms with E-state index in [4.69, 9.17) is 4.74 Å². The molecular weight excluding hydrogens is 419 g/mol. The lowest BCUT2D eigenvalue weighted by Gasteiger charge is -2.15. The minimum absolute atomic E-state index is 0.0162. The highest BCUT2D eigenvalue weighted by Crippen LogP contribution is 2.23. The molecule has 1 amide bonds. The number of halogens is 3. The van der Waals surface area contributed by atoms with Crippen molar-refractivity contribution in [2.75, 3.05) is 11.6 Å². The summed E-state index contributed by atoms with van der Waals surface area (Å²) in [6.07, 6.45) is 1.71. The fourth-order valence-corrected chi connectivity index (χ4v) is 3.11. The molecule has 30 heavy (non-hydrogen) atoms. The lowest BCUT2D eigenvalue weighted by Crippen LogP contribution is -2.31. The van der Waals surface area contributed by atoms with Crippen LogP contribution in [0.25, 0.3) is 5.69 Å². The van der Waals surface area contributed by atoms with Crippen molar-refractivity contribution in [3.8, 4) is 5.69 Å². The molecule has 0 bridgehead atoms. The molecule has 1 atom stereocenters. The summed E-state index contributed by atoms with van der Waals surface area (Å²) in [6.45, 7) is 1.29. The van der Waals surface area contributed by atoms with Crippen molar-refractivity contribution in [1.29, 1.82) is 0 Å². The Morgan fingerprint density at radius 1 is 1.10 bits per heavy atom. The Morgan fingerprint density at radius 2 is 1.77 bits per heavy atom. The number of ether oxygens (including phenoxy) is 1. The van der Waals surface area contributed by atoms with Crippen LogP contribution in [-0.2, 0) is 9.53 Å². The highest BCUT2D eigenvalue weighted by molar-refractivity contribution is 7.98. The van der Waals surface area contributed by atoms with Gasteiger partial charge in [0.05, 0.1) is 11.9 Å². The molecule has 0 radical (unpaired) electrons. The number of hydrogen-bond donors (Lipinski definition) is 1. The molecule has 1 aromatic heterocycles. The van der Waals surface area contributed by atoms with E-state index in [9.17, 15) is 22.8 Å². The second kappa shape index (κ2) is 9.04. The molecule has 2 aromatic carbocycles. The van der Waals surface area contributed by atoms with Gasteiger partial charge in [-0.15, -0.1) is 0 Å². The first-order chi connectivity index (χ1) is 14.3. The van der Waals surface area contributed by atoms with Crippen LogP contribution < -0.4 is 5.32 Å². The van der Waals surface area contributed by atoms with Crippen molar-refractivity contribution in [3.05, 3.63) is 71.8 Å². The summed E-state index contributed by atoms with van der Waals surface area (Å²) in [5.41, 5.74) is 0.121. The number of nitrogens with one attached hydrogen (secondary N) is 1. The number of imidazole rings is 1. The summed E-state index contributed by atoms with van der Waals surface area (Å²) >= 11 is 1.26. The van der Waals surface area contributed by atoms with Gasteiger partial charge in [-0.1, -0.05) is 11.8 Å². The summed E-state index contributed by atoms with van der Waals surface area (Å²) < 4.78 is 46.8. The van der Waals surface area contributed by atoms with E-state index in [1.54, 1.807) is 6.26 Å². The van der Waals surface area contributed by atoms with Crippen molar-refractivity contribution in [1.82, 2.24) is 9.55 Å². The second-order valence-electron chi connectivity index (χ2n) is 6.10. The van der Waals surface area contributed by atoms with Crippen LogP contribution in [0.15, 0.2) is 53.8 Å². The van der Waals surface area contributed by atoms with E-state index >= 15 is 0 Å². The number of nitrogens with zero attached hydrogens (tertiary/aromatic N) is 2. The van der Waals surface area contributed by atoms with Gasteiger partial charge in [-0.05, 0) is 49.6 Å². The number of carbonyl (C=O) groups is 2. The lowest BCUT2D eigenvalue weighted by molar-refractivity contribution is -0.123. The number of anilines is 1. The first-order valence-electron chi connectivity index (χ1n) is 8.64. The number of carbonyl (C=O) groups excluding carboxylic acids is 2. The summed E-state index contributed by atoms with van der Waals surface area (Å²) in [4.78, 5) is 29.0. The minimum Gasteiger partial charge on any atom is -0.448 e. The normalized spacial score (nSPS) is 11.8. The fraction of sp³-hybridized carbons (Fsp3) is 0.150. The van der Waals surface area contributed by atoms with Gasteiger partial charge in [0.15, 0.2) is 17.0 Å². The Labute approximate surface area is 174 Å². The highest BCUT2D eigenvalue weighted by atomic mass is 32.2. The number of amides is 1. The molecule has 10 heteroatoms. The van der Waals surface area contributed by atoms with Crippen LogP contribution in [0.3, 0.4) is 0 Å². The van der Waals surface area contributed by atoms with Gasteiger partial charge >= 0.3 is 5.97 Å². The molecule has 1 unspecified atom stereocenters. The number of hydrogen-bond acceptors (Lipinski definition) is 5. The Kier molecular flexibility index (Phi) is 6.46. The van der Waals surface area contributed by atoms with Gasteiger partial charge in [0, 0.05) is 11.8 Å². The molecule has 6 nitrogen and oxygen atoms in total. The first kappa shape index (κ1) is 21.4. The average molecular weight is 435 g/mol. The molecule has 0 fully saturated rings. The average Bonchev–Trinajstić information content (AvgIpc) is 3.15. The molecule has 0 saturated carbocycles. The summed E-state index contributed by atoms with van der Waals surface area (Å²) in [5.74, 6) is -3.71. The third-order valence-corrected chi connectivity index (χ3v) is 4.70. The molecule has 3 aromatic rings. The Hall–Kier alpha value is -3.27. The number of esters is 1. The lowest BCUT2D eigenvalue weighted by atomic mass is 10.2. The smallest absolute Gasteiger partial charge is 0.357 e. The highest BCUT2D eigenvalue weighted by Gasteiger charge is 2.24. The molecule has 0 saturated heterocycles. The molecule has 0 spiro atoms. The van der Waals surface area contributed by atoms with Gasteiger partial charge in [0.1, 0.15) is 17.5 Å². The Morgan fingerprint density at radius 3 is 2.43 bits per heavy atom. The van der Waals surface area contributed by atoms with E-state index in [-0.39, 0.29) is 11.4 Å². The molecule has 156 valence electrons. The van der Waals surface area contributed by atoms with E-state index in [0.717, 1.165) is 18.2 Å². The Balaban J connectivity index is 1.78. The topological polar surface area (TPSA) is 73.2 Å². The van der Waals surface area contributed by atoms with Gasteiger partial charge in [-0.3, -0.25) is 9.36 Å². The van der Waals surface area contributed by atoms with E-state index in [1.165, 1.54) is 53.7 Å². The van der Waals surface area contributed by atoms with Crippen LogP contribution in [-0.4, -0.2) is 33.8 Å². The van der Waals surface area contributed by atoms with Crippen LogP contribution in [0, 0.1) is 17.5 Å². The zero-order valence-electron chi connectivity index (χ0n) is 15.9. The number of benzene rings is 2. The van der Waals surface area contributed by atoms with Crippen LogP contribution in [0.2, 0.25) is 0 Å². The Bertz CT molecular complexity index is 1090. The van der Waals surface area contributed by atoms with Gasteiger partial charge in [0.2, 0.25) is 0 Å². The molecule has 1 N–H and O–H groups in total. The van der Waals surface area contributed by atoms with Crippen LogP contribution in [0.4, 0.5) is 18.9 Å². The minimum atomic E-state index is -1.31. The van der Waals surface area contributed by atoms with E-state index < -0.39 is 35.4 Å². The first-order valence-corrected chi connectivity index (χ1v) is 9.87. The quantitative estimate of drug-likeness (QED) is 0.464. The van der Waals surface area contributed by atoms with Crippen LogP contribution >= 0.6 is 11.8 Å². The maximum absolute atomic E-state index is 13.7. The van der Waals surface area contributed by atoms with Crippen molar-refractivity contribution in [2.45, 2.75) is 18.2 Å². The second-order valence-corrected chi connectivity index (χ2v) is 6.88. The standard InChI is InChI=1S/C20H16F3N3O3S/c1-11(18(27)25-16-9-13(22)5-8-15(16)23)29-19(28)17-10-24-20(30-2)26(17)14-6-3-12(21)4-7-14/h3-11H,1-2H3,(H,25,27). The summed E-state index contributed by atoms with van der Waals surface area (Å²) in [5, 5.41) is 2.63. The van der Waals surface area contributed by atoms with E-state index in [2.05, 4.69) is 10.3 Å². The van der Waals surface area contributed by atoms with E-state index in [0.29, 0.717) is 10.8 Å². The number of rotatable bonds is 6. The maximum atomic E-state index is 13.7. The monoisotopic (exact) mass is 435 g/mol. The van der Waals surface area contributed by atoms with Crippen LogP contribution in [0.5, 0.6) is 0 Å². The van der Waals surface area contributed by atoms with Gasteiger partial charge < -0.3 is 10.1 Å². The molecule has 3 rings (SSSR count). The predicted octanol–water partition coefficient (Wildman–Crippen LogP) is 4.20. The molecule has 0 aliphatic rings. The number of aromatic nitrogens is 2. The van der Waals surface area contributed by atoms with Crippen molar-refractivity contribution in [2.24, 2.45) is 0 Å². The summed E-state index contributed by atoms with van der Waals surface area (Å²) in [6, 6.07) is 8.00. The van der Waals surface area contributed by atoms with Crippen molar-refractivity contribution < 1.29 is 27.5 Å². The summed E-state index contributed by atoms with van der Waals surface area (Å²) in [7, 11) is 0. The van der Waals surface area contributed by atoms with Gasteiger partial charge in [-0.25, -0.2) is 22.9 Å². The fourth-order valence-electron chi connectivity index (χ4n) is 2.56. The zero-order chi connectivity index (χ0) is 21.8. The van der Waals surface area contributed by atoms with Gasteiger partial charge in [-0.2, -0.15) is 0 Å².